The van der Waals surface area contributed by atoms with Gasteiger partial charge in [-0.05, 0) is 38.1 Å². The predicted octanol–water partition coefficient (Wildman–Crippen LogP) is 2.87. The summed E-state index contributed by atoms with van der Waals surface area (Å²) in [6.07, 6.45) is 0. The zero-order chi connectivity index (χ0) is 16.1. The van der Waals surface area contributed by atoms with Crippen molar-refractivity contribution in [1.29, 1.82) is 0 Å². The highest BCUT2D eigenvalue weighted by Crippen LogP contribution is 2.27. The van der Waals surface area contributed by atoms with Gasteiger partial charge in [-0.2, -0.15) is 0 Å². The van der Waals surface area contributed by atoms with Crippen molar-refractivity contribution in [3.05, 3.63) is 28.3 Å². The lowest BCUT2D eigenvalue weighted by atomic mass is 10.1. The van der Waals surface area contributed by atoms with Crippen LogP contribution in [0.25, 0.3) is 0 Å². The van der Waals surface area contributed by atoms with E-state index in [1.54, 1.807) is 6.07 Å². The summed E-state index contributed by atoms with van der Waals surface area (Å²) < 4.78 is 5.61. The Kier molecular flexibility index (Phi) is 6.24. The van der Waals surface area contributed by atoms with Gasteiger partial charge < -0.3 is 9.64 Å². The first kappa shape index (κ1) is 17.3. The van der Waals surface area contributed by atoms with Crippen molar-refractivity contribution in [3.8, 4) is 5.75 Å². The third-order valence-electron chi connectivity index (χ3n) is 4.14. The number of rotatable bonds is 6. The average molecular weight is 325 g/mol. The third kappa shape index (κ3) is 4.22. The van der Waals surface area contributed by atoms with E-state index in [1.165, 1.54) is 0 Å². The molecule has 0 unspecified atom stereocenters. The van der Waals surface area contributed by atoms with Gasteiger partial charge in [0.05, 0.1) is 18.7 Å². The van der Waals surface area contributed by atoms with Crippen LogP contribution in [0.5, 0.6) is 5.75 Å². The second kappa shape index (κ2) is 7.95. The Morgan fingerprint density at radius 1 is 1.18 bits per heavy atom. The van der Waals surface area contributed by atoms with Gasteiger partial charge in [-0.15, -0.1) is 0 Å². The van der Waals surface area contributed by atoms with E-state index in [0.29, 0.717) is 29.5 Å². The van der Waals surface area contributed by atoms with Gasteiger partial charge >= 0.3 is 0 Å². The summed E-state index contributed by atoms with van der Waals surface area (Å²) in [5, 5.41) is 0.614. The molecule has 122 valence electrons. The lowest BCUT2D eigenvalue weighted by Gasteiger charge is -2.33. The number of carbonyl (C=O) groups is 1. The zero-order valence-electron chi connectivity index (χ0n) is 13.7. The van der Waals surface area contributed by atoms with Crippen molar-refractivity contribution in [2.45, 2.75) is 20.8 Å². The molecule has 1 aromatic carbocycles. The first-order valence-corrected chi connectivity index (χ1v) is 8.33. The van der Waals surface area contributed by atoms with Crippen LogP contribution in [0.15, 0.2) is 12.1 Å². The molecular weight excluding hydrogens is 300 g/mol. The number of likely N-dealkylation sites (N-methyl/N-ethyl adjacent to an activating group) is 1. The molecule has 1 fully saturated rings. The molecule has 1 aliphatic heterocycles. The van der Waals surface area contributed by atoms with Gasteiger partial charge in [-0.25, -0.2) is 0 Å². The zero-order valence-corrected chi connectivity index (χ0v) is 14.4. The van der Waals surface area contributed by atoms with Crippen LogP contribution in [0.3, 0.4) is 0 Å². The van der Waals surface area contributed by atoms with Crippen molar-refractivity contribution >= 4 is 17.4 Å². The van der Waals surface area contributed by atoms with Crippen LogP contribution in [0, 0.1) is 6.92 Å². The van der Waals surface area contributed by atoms with Gasteiger partial charge in [0.1, 0.15) is 5.75 Å². The minimum Gasteiger partial charge on any atom is -0.493 e. The van der Waals surface area contributed by atoms with Crippen LogP contribution in [-0.4, -0.2) is 61.5 Å². The summed E-state index contributed by atoms with van der Waals surface area (Å²) in [5.74, 6) is 0.719. The monoisotopic (exact) mass is 324 g/mol. The topological polar surface area (TPSA) is 32.8 Å². The maximum Gasteiger partial charge on any atom is 0.180 e. The number of nitrogens with zero attached hydrogens (tertiary/aromatic N) is 2. The largest absolute Gasteiger partial charge is 0.493 e. The minimum absolute atomic E-state index is 0.0790. The third-order valence-corrected chi connectivity index (χ3v) is 4.55. The van der Waals surface area contributed by atoms with E-state index in [2.05, 4.69) is 16.7 Å². The van der Waals surface area contributed by atoms with Crippen LogP contribution >= 0.6 is 11.6 Å². The Labute approximate surface area is 138 Å². The predicted molar refractivity (Wildman–Crippen MR) is 90.2 cm³/mol. The van der Waals surface area contributed by atoms with Crippen LogP contribution in [0.1, 0.15) is 29.8 Å². The molecule has 1 heterocycles. The number of ether oxygens (including phenoxy) is 1. The van der Waals surface area contributed by atoms with Gasteiger partial charge in [0.2, 0.25) is 0 Å². The molecular formula is C17H25ClN2O2. The molecule has 4 nitrogen and oxygen atoms in total. The summed E-state index contributed by atoms with van der Waals surface area (Å²) >= 11 is 6.18. The Balaban J connectivity index is 2.07. The maximum atomic E-state index is 12.6. The number of hydrogen-bond acceptors (Lipinski definition) is 4. The fraction of sp³-hybridized carbons (Fsp3) is 0.588. The molecule has 22 heavy (non-hydrogen) atoms. The molecule has 2 rings (SSSR count). The lowest BCUT2D eigenvalue weighted by Crippen LogP contribution is -2.47. The van der Waals surface area contributed by atoms with Crippen molar-refractivity contribution in [1.82, 2.24) is 9.80 Å². The molecule has 1 aromatic rings. The van der Waals surface area contributed by atoms with Crippen LogP contribution in [-0.2, 0) is 0 Å². The SMILES string of the molecule is CCOc1cc(C)c(Cl)cc1C(=O)CN1CCN(CC)CC1. The first-order chi connectivity index (χ1) is 10.5. The van der Waals surface area contributed by atoms with E-state index in [-0.39, 0.29) is 5.78 Å². The van der Waals surface area contributed by atoms with E-state index >= 15 is 0 Å². The second-order valence-electron chi connectivity index (χ2n) is 5.66. The van der Waals surface area contributed by atoms with E-state index < -0.39 is 0 Å². The molecule has 1 saturated heterocycles. The molecule has 0 bridgehead atoms. The van der Waals surface area contributed by atoms with E-state index in [4.69, 9.17) is 16.3 Å². The fourth-order valence-corrected chi connectivity index (χ4v) is 2.86. The van der Waals surface area contributed by atoms with Crippen LogP contribution in [0.4, 0.5) is 0 Å². The number of piperazine rings is 1. The molecule has 0 radical (unpaired) electrons. The number of carbonyl (C=O) groups excluding carboxylic acids is 1. The number of halogens is 1. The summed E-state index contributed by atoms with van der Waals surface area (Å²) in [6.45, 7) is 12.0. The fourth-order valence-electron chi connectivity index (χ4n) is 2.70. The Bertz CT molecular complexity index is 526. The second-order valence-corrected chi connectivity index (χ2v) is 6.07. The maximum absolute atomic E-state index is 12.6. The van der Waals surface area contributed by atoms with Gasteiger partial charge in [-0.3, -0.25) is 9.69 Å². The smallest absolute Gasteiger partial charge is 0.180 e. The van der Waals surface area contributed by atoms with E-state index in [9.17, 15) is 4.79 Å². The van der Waals surface area contributed by atoms with Gasteiger partial charge in [0, 0.05) is 31.2 Å². The van der Waals surface area contributed by atoms with Gasteiger partial charge in [-0.1, -0.05) is 18.5 Å². The lowest BCUT2D eigenvalue weighted by molar-refractivity contribution is 0.0855. The molecule has 0 N–H and O–H groups in total. The van der Waals surface area contributed by atoms with Crippen LogP contribution in [0.2, 0.25) is 5.02 Å². The van der Waals surface area contributed by atoms with Crippen molar-refractivity contribution in [2.75, 3.05) is 45.9 Å². The van der Waals surface area contributed by atoms with Crippen molar-refractivity contribution < 1.29 is 9.53 Å². The Morgan fingerprint density at radius 2 is 1.82 bits per heavy atom. The highest BCUT2D eigenvalue weighted by Gasteiger charge is 2.21. The number of ketones is 1. The number of hydrogen-bond donors (Lipinski definition) is 0. The van der Waals surface area contributed by atoms with E-state index in [1.807, 2.05) is 19.9 Å². The molecule has 5 heteroatoms. The summed E-state index contributed by atoms with van der Waals surface area (Å²) in [5.41, 5.74) is 1.52. The molecule has 0 amide bonds. The van der Waals surface area contributed by atoms with E-state index in [0.717, 1.165) is 38.3 Å². The van der Waals surface area contributed by atoms with Gasteiger partial charge in [0.15, 0.2) is 5.78 Å². The Morgan fingerprint density at radius 3 is 2.41 bits per heavy atom. The normalized spacial score (nSPS) is 16.7. The average Bonchev–Trinajstić information content (AvgIpc) is 2.51. The van der Waals surface area contributed by atoms with Gasteiger partial charge in [0.25, 0.3) is 0 Å². The summed E-state index contributed by atoms with van der Waals surface area (Å²) in [7, 11) is 0. The first-order valence-electron chi connectivity index (χ1n) is 7.96. The standard InChI is InChI=1S/C17H25ClN2O2/c1-4-19-6-8-20(9-7-19)12-16(21)14-11-15(18)13(3)10-17(14)22-5-2/h10-11H,4-9,12H2,1-3H3. The summed E-state index contributed by atoms with van der Waals surface area (Å²) in [4.78, 5) is 17.2. The molecule has 0 saturated carbocycles. The quantitative estimate of drug-likeness (QED) is 0.753. The Hall–Kier alpha value is -1.10. The van der Waals surface area contributed by atoms with Crippen molar-refractivity contribution in [3.63, 3.8) is 0 Å². The number of benzene rings is 1. The highest BCUT2D eigenvalue weighted by molar-refractivity contribution is 6.31. The molecule has 1 aliphatic rings. The molecule has 0 atom stereocenters. The number of Topliss-reactive ketones (excluding diaryl/α,β-unsaturated/α-hetero) is 1. The molecule has 0 aliphatic carbocycles. The summed E-state index contributed by atoms with van der Waals surface area (Å²) in [6, 6.07) is 3.60. The highest BCUT2D eigenvalue weighted by atomic mass is 35.5. The molecule has 0 aromatic heterocycles. The van der Waals surface area contributed by atoms with Crippen LogP contribution < -0.4 is 4.74 Å². The number of aryl methyl sites for hydroxylation is 1. The van der Waals surface area contributed by atoms with Crippen molar-refractivity contribution in [2.24, 2.45) is 0 Å². The minimum atomic E-state index is 0.0790. The molecule has 0 spiro atoms.